The Labute approximate surface area is 339 Å². The lowest BCUT2D eigenvalue weighted by Crippen LogP contribution is -2.57. The molecule has 1 aliphatic rings. The van der Waals surface area contributed by atoms with Crippen molar-refractivity contribution in [3.05, 3.63) is 73.2 Å². The molecule has 2 aromatic heterocycles. The Morgan fingerprint density at radius 1 is 1.00 bits per heavy atom. The molecule has 2 aromatic carbocycles. The number of esters is 3. The smallest absolute Gasteiger partial charge is 0.303 e. The van der Waals surface area contributed by atoms with Gasteiger partial charge in [-0.2, -0.15) is 0 Å². The van der Waals surface area contributed by atoms with E-state index in [-0.39, 0.29) is 6.61 Å². The lowest BCUT2D eigenvalue weighted by molar-refractivity contribution is -0.212. The van der Waals surface area contributed by atoms with Crippen molar-refractivity contribution in [3.63, 3.8) is 0 Å². The molecule has 0 unspecified atom stereocenters. The van der Waals surface area contributed by atoms with Gasteiger partial charge in [0.05, 0.1) is 16.2 Å². The van der Waals surface area contributed by atoms with Crippen LogP contribution in [0.4, 0.5) is 0 Å². The minimum atomic E-state index is -1.05. The first-order valence-corrected chi connectivity index (χ1v) is 19.5. The monoisotopic (exact) mass is 937 g/mol. The Hall–Kier alpha value is -2.84. The van der Waals surface area contributed by atoms with Gasteiger partial charge in [-0.1, -0.05) is 40.2 Å². The molecule has 0 amide bonds. The van der Waals surface area contributed by atoms with Gasteiger partial charge in [-0.15, -0.1) is 16.4 Å². The van der Waals surface area contributed by atoms with Crippen LogP contribution in [-0.2, 0) is 33.3 Å². The summed E-state index contributed by atoms with van der Waals surface area (Å²) in [6, 6.07) is 9.71. The Kier molecular flexibility index (Phi) is 15.7. The van der Waals surface area contributed by atoms with E-state index in [1.165, 1.54) is 48.6 Å². The van der Waals surface area contributed by atoms with Crippen LogP contribution < -0.4 is 4.74 Å². The predicted octanol–water partition coefficient (Wildman–Crippen LogP) is 7.63. The van der Waals surface area contributed by atoms with Crippen LogP contribution in [-0.4, -0.2) is 92.4 Å². The summed E-state index contributed by atoms with van der Waals surface area (Å²) in [5.41, 5.74) is -0.339. The Morgan fingerprint density at radius 3 is 2.23 bits per heavy atom. The first-order chi connectivity index (χ1) is 24.6. The fraction of sp³-hybridized carbons (Fsp3) is 0.344. The number of carbonyl (C=O) groups is 3. The van der Waals surface area contributed by atoms with Gasteiger partial charge in [0.1, 0.15) is 40.6 Å². The van der Waals surface area contributed by atoms with E-state index in [1.807, 2.05) is 14.1 Å². The maximum Gasteiger partial charge on any atom is 0.303 e. The average Bonchev–Trinajstić information content (AvgIpc) is 3.78. The van der Waals surface area contributed by atoms with Crippen LogP contribution in [0.5, 0.6) is 5.75 Å². The van der Waals surface area contributed by atoms with Gasteiger partial charge in [0.15, 0.2) is 12.2 Å². The van der Waals surface area contributed by atoms with Gasteiger partial charge in [-0.3, -0.25) is 14.4 Å². The molecule has 1 aliphatic heterocycles. The SMILES string of the molecule is CC(=O)OC[C@H]1O[C@H](Sc2ccc(Cl)c(Br)c2)[C@H](OC(C)=O)[C@@H](n2cc(-c3nccs3)nn2)[C@H]1OC(C)=O.CN(C)C(=S)Oc1ccc(Cl)c(Br)c1. The third kappa shape index (κ3) is 11.8. The second kappa shape index (κ2) is 19.5. The first-order valence-electron chi connectivity index (χ1n) is 15.0. The normalized spacial score (nSPS) is 19.4. The van der Waals surface area contributed by atoms with Crippen molar-refractivity contribution in [3.8, 4) is 16.5 Å². The minimum absolute atomic E-state index is 0.216. The molecule has 20 heteroatoms. The number of aromatic nitrogens is 4. The molecular weight excluding hydrogens is 909 g/mol. The van der Waals surface area contributed by atoms with Gasteiger partial charge in [0.25, 0.3) is 5.17 Å². The number of nitrogens with zero attached hydrogens (tertiary/aromatic N) is 5. The van der Waals surface area contributed by atoms with E-state index in [0.29, 0.717) is 36.1 Å². The topological polar surface area (TPSA) is 144 Å². The van der Waals surface area contributed by atoms with E-state index in [0.717, 1.165) is 9.37 Å². The van der Waals surface area contributed by atoms with Crippen molar-refractivity contribution in [2.24, 2.45) is 0 Å². The first kappa shape index (κ1) is 41.9. The molecule has 0 bridgehead atoms. The number of halogens is 4. The Morgan fingerprint density at radius 2 is 1.65 bits per heavy atom. The summed E-state index contributed by atoms with van der Waals surface area (Å²) in [5, 5.41) is 12.5. The zero-order chi connectivity index (χ0) is 38.1. The van der Waals surface area contributed by atoms with Crippen molar-refractivity contribution >= 4 is 113 Å². The molecule has 3 heterocycles. The van der Waals surface area contributed by atoms with Crippen molar-refractivity contribution in [2.75, 3.05) is 20.7 Å². The van der Waals surface area contributed by atoms with Gasteiger partial charge in [0, 0.05) is 60.3 Å². The molecule has 0 radical (unpaired) electrons. The largest absolute Gasteiger partial charge is 0.463 e. The number of thiazole rings is 1. The Balaban J connectivity index is 0.000000363. The molecule has 1 fully saturated rings. The fourth-order valence-electron chi connectivity index (χ4n) is 4.57. The highest BCUT2D eigenvalue weighted by Crippen LogP contribution is 2.42. The molecule has 5 atom stereocenters. The zero-order valence-corrected chi connectivity index (χ0v) is 35.2. The standard InChI is InChI=1S/C23H22BrClN4O7S2.C9H9BrClNOS/c1-11(30)33-10-18-20(34-12(2)31)19(29-9-17(27-28-29)22-26-6-7-37-22)21(35-13(3)32)23(36-18)38-14-4-5-16(25)15(24)8-14;1-12(2)9(14)13-6-3-4-8(11)7(10)5-6/h4-9,18-21,23H,10H2,1-3H3;3-5H,1-2H3/t18-,19+,20+,21-,23-;/m1./s1. The van der Waals surface area contributed by atoms with E-state index in [4.69, 9.17) is 59.1 Å². The third-order valence-electron chi connectivity index (χ3n) is 6.74. The summed E-state index contributed by atoms with van der Waals surface area (Å²) in [6.45, 7) is 3.56. The maximum absolute atomic E-state index is 12.3. The van der Waals surface area contributed by atoms with E-state index < -0.39 is 47.7 Å². The van der Waals surface area contributed by atoms with E-state index in [9.17, 15) is 14.4 Å². The number of ether oxygens (including phenoxy) is 5. The molecule has 52 heavy (non-hydrogen) atoms. The summed E-state index contributed by atoms with van der Waals surface area (Å²) < 4.78 is 31.2. The number of benzene rings is 2. The lowest BCUT2D eigenvalue weighted by atomic mass is 9.96. The van der Waals surface area contributed by atoms with Crippen LogP contribution in [0.25, 0.3) is 10.7 Å². The summed E-state index contributed by atoms with van der Waals surface area (Å²) >= 11 is 26.3. The summed E-state index contributed by atoms with van der Waals surface area (Å²) in [7, 11) is 3.65. The molecule has 278 valence electrons. The van der Waals surface area contributed by atoms with E-state index in [1.54, 1.807) is 59.1 Å². The van der Waals surface area contributed by atoms with Gasteiger partial charge < -0.3 is 28.6 Å². The fourth-order valence-corrected chi connectivity index (χ4v) is 7.52. The molecular formula is C32H31Br2Cl2N5O8S3. The van der Waals surface area contributed by atoms with Gasteiger partial charge in [0.2, 0.25) is 0 Å². The maximum atomic E-state index is 12.3. The molecule has 4 aromatic rings. The lowest BCUT2D eigenvalue weighted by Gasteiger charge is -2.44. The summed E-state index contributed by atoms with van der Waals surface area (Å²) in [4.78, 5) is 42.8. The zero-order valence-electron chi connectivity index (χ0n) is 28.0. The highest BCUT2D eigenvalue weighted by molar-refractivity contribution is 9.10. The molecule has 1 saturated heterocycles. The number of carbonyl (C=O) groups excluding carboxylic acids is 3. The predicted molar refractivity (Wildman–Crippen MR) is 208 cm³/mol. The van der Waals surface area contributed by atoms with Crippen LogP contribution in [0.1, 0.15) is 26.8 Å². The third-order valence-corrected chi connectivity index (χ3v) is 11.6. The van der Waals surface area contributed by atoms with Crippen LogP contribution >= 0.6 is 90.4 Å². The van der Waals surface area contributed by atoms with Gasteiger partial charge >= 0.3 is 17.9 Å². The minimum Gasteiger partial charge on any atom is -0.463 e. The van der Waals surface area contributed by atoms with Crippen molar-refractivity contribution in [1.29, 1.82) is 0 Å². The van der Waals surface area contributed by atoms with Gasteiger partial charge in [-0.05, 0) is 80.5 Å². The molecule has 0 spiro atoms. The van der Waals surface area contributed by atoms with Crippen molar-refractivity contribution in [1.82, 2.24) is 24.9 Å². The van der Waals surface area contributed by atoms with E-state index in [2.05, 4.69) is 47.2 Å². The summed E-state index contributed by atoms with van der Waals surface area (Å²) in [5.74, 6) is -1.05. The number of thiocarbonyl (C=S) groups is 1. The van der Waals surface area contributed by atoms with Crippen LogP contribution in [0.2, 0.25) is 10.0 Å². The van der Waals surface area contributed by atoms with Crippen molar-refractivity contribution < 1.29 is 38.1 Å². The highest BCUT2D eigenvalue weighted by Gasteiger charge is 2.52. The highest BCUT2D eigenvalue weighted by atomic mass is 79.9. The Bertz CT molecular complexity index is 1890. The van der Waals surface area contributed by atoms with Gasteiger partial charge in [-0.25, -0.2) is 9.67 Å². The second-order valence-electron chi connectivity index (χ2n) is 10.9. The van der Waals surface area contributed by atoms with E-state index >= 15 is 0 Å². The summed E-state index contributed by atoms with van der Waals surface area (Å²) in [6.07, 6.45) is 0.320. The molecule has 0 aliphatic carbocycles. The van der Waals surface area contributed by atoms with Crippen LogP contribution in [0.15, 0.2) is 68.0 Å². The number of thioether (sulfide) groups is 1. The van der Waals surface area contributed by atoms with Crippen LogP contribution in [0.3, 0.4) is 0 Å². The molecule has 0 saturated carbocycles. The second-order valence-corrected chi connectivity index (χ2v) is 15.9. The molecule has 0 N–H and O–H groups in total. The molecule has 13 nitrogen and oxygen atoms in total. The number of hydrogen-bond acceptors (Lipinski definition) is 14. The number of rotatable bonds is 9. The average molecular weight is 941 g/mol. The molecule has 5 rings (SSSR count). The van der Waals surface area contributed by atoms with Crippen molar-refractivity contribution in [2.45, 2.75) is 55.5 Å². The van der Waals surface area contributed by atoms with Crippen LogP contribution in [0, 0.1) is 0 Å². The number of hydrogen-bond donors (Lipinski definition) is 0. The quantitative estimate of drug-likeness (QED) is 0.0922.